The summed E-state index contributed by atoms with van der Waals surface area (Å²) < 4.78 is 4.65. The quantitative estimate of drug-likeness (QED) is 0.590. The molecule has 0 amide bonds. The van der Waals surface area contributed by atoms with Gasteiger partial charge in [-0.25, -0.2) is 4.42 Å². The van der Waals surface area contributed by atoms with Gasteiger partial charge in [0, 0.05) is 6.07 Å². The third-order valence-corrected chi connectivity index (χ3v) is 1.54. The Morgan fingerprint density at radius 3 is 2.73 bits per heavy atom. The van der Waals surface area contributed by atoms with Gasteiger partial charge < -0.3 is 0 Å². The van der Waals surface area contributed by atoms with Crippen LogP contribution in [-0.2, 0) is 4.42 Å². The van der Waals surface area contributed by atoms with E-state index in [-0.39, 0.29) is 0 Å². The molecule has 11 heavy (non-hydrogen) atoms. The van der Waals surface area contributed by atoms with E-state index in [1.54, 1.807) is 18.2 Å². The first-order valence-corrected chi connectivity index (χ1v) is 3.27. The lowest BCUT2D eigenvalue weighted by atomic mass is 10.2. The third-order valence-electron chi connectivity index (χ3n) is 1.23. The predicted octanol–water partition coefficient (Wildman–Crippen LogP) is 2.29. The molecule has 0 bridgehead atoms. The second kappa shape index (κ2) is 3.18. The van der Waals surface area contributed by atoms with Crippen molar-refractivity contribution in [3.8, 4) is 11.8 Å². The Hall–Kier alpha value is -1.33. The monoisotopic (exact) mass is 166 g/mol. The normalized spacial score (nSPS) is 8.73. The van der Waals surface area contributed by atoms with Crippen molar-refractivity contribution in [2.24, 2.45) is 0 Å². The zero-order valence-corrected chi connectivity index (χ0v) is 6.43. The van der Waals surface area contributed by atoms with Crippen LogP contribution < -0.4 is 0 Å². The second-order valence-electron chi connectivity index (χ2n) is 1.90. The molecular weight excluding hydrogens is 162 g/mol. The summed E-state index contributed by atoms with van der Waals surface area (Å²) in [6, 6.07) is 6.71. The van der Waals surface area contributed by atoms with Crippen LogP contribution in [0.1, 0.15) is 5.56 Å². The standard InChI is InChI=1S/C8H5ClNO/c1-11-7-3-2-6(5-10)8(9)4-7/h2-4H,1H2/q+1. The Labute approximate surface area is 69.3 Å². The van der Waals surface area contributed by atoms with E-state index in [1.807, 2.05) is 6.07 Å². The van der Waals surface area contributed by atoms with Crippen LogP contribution in [0.4, 0.5) is 0 Å². The summed E-state index contributed by atoms with van der Waals surface area (Å²) in [6.45, 7) is 3.21. The average Bonchev–Trinajstić information content (AvgIpc) is 2.04. The lowest BCUT2D eigenvalue weighted by Crippen LogP contribution is -1.75. The van der Waals surface area contributed by atoms with Gasteiger partial charge in [-0.1, -0.05) is 11.6 Å². The molecule has 0 N–H and O–H groups in total. The first-order valence-electron chi connectivity index (χ1n) is 2.89. The van der Waals surface area contributed by atoms with E-state index in [4.69, 9.17) is 16.9 Å². The largest absolute Gasteiger partial charge is 0.353 e. The SMILES string of the molecule is C=[O+]c1ccc(C#N)c(Cl)c1. The van der Waals surface area contributed by atoms with Gasteiger partial charge in [-0.2, -0.15) is 5.26 Å². The topological polar surface area (TPSA) is 35.1 Å². The van der Waals surface area contributed by atoms with Crippen LogP contribution in [0.15, 0.2) is 18.2 Å². The Morgan fingerprint density at radius 2 is 2.27 bits per heavy atom. The van der Waals surface area contributed by atoms with Gasteiger partial charge >= 0.3 is 5.75 Å². The summed E-state index contributed by atoms with van der Waals surface area (Å²) in [5.41, 5.74) is 0.437. The van der Waals surface area contributed by atoms with Crippen molar-refractivity contribution >= 4 is 18.4 Å². The molecule has 0 radical (unpaired) electrons. The van der Waals surface area contributed by atoms with Crippen LogP contribution in [0.25, 0.3) is 0 Å². The highest BCUT2D eigenvalue weighted by Crippen LogP contribution is 2.21. The first-order chi connectivity index (χ1) is 5.27. The van der Waals surface area contributed by atoms with Gasteiger partial charge in [0.25, 0.3) is 6.79 Å². The number of rotatable bonds is 1. The van der Waals surface area contributed by atoms with E-state index in [9.17, 15) is 0 Å². The van der Waals surface area contributed by atoms with E-state index >= 15 is 0 Å². The lowest BCUT2D eigenvalue weighted by molar-refractivity contribution is -0.354. The van der Waals surface area contributed by atoms with Crippen molar-refractivity contribution in [2.45, 2.75) is 0 Å². The van der Waals surface area contributed by atoms with Crippen molar-refractivity contribution in [3.63, 3.8) is 0 Å². The van der Waals surface area contributed by atoms with Crippen LogP contribution in [0.2, 0.25) is 5.02 Å². The minimum atomic E-state index is 0.383. The lowest BCUT2D eigenvalue weighted by Gasteiger charge is -1.88. The number of hydrogen-bond donors (Lipinski definition) is 0. The Bertz CT molecular complexity index is 327. The fourth-order valence-corrected chi connectivity index (χ4v) is 0.889. The fourth-order valence-electron chi connectivity index (χ4n) is 0.676. The smallest absolute Gasteiger partial charge is 0.224 e. The number of carbonyl (C=O) groups excluding carboxylic acids is 1. The summed E-state index contributed by atoms with van der Waals surface area (Å²) in [5.74, 6) is 0.550. The Kier molecular flexibility index (Phi) is 2.25. The van der Waals surface area contributed by atoms with E-state index in [0.717, 1.165) is 0 Å². The van der Waals surface area contributed by atoms with Gasteiger partial charge in [0.15, 0.2) is 0 Å². The molecule has 0 aliphatic carbocycles. The number of nitrogens with zero attached hydrogens (tertiary/aromatic N) is 1. The molecule has 0 saturated heterocycles. The molecule has 1 aromatic rings. The highest BCUT2D eigenvalue weighted by atomic mass is 35.5. The third kappa shape index (κ3) is 1.57. The summed E-state index contributed by atoms with van der Waals surface area (Å²) in [6.07, 6.45) is 0. The molecule has 0 unspecified atom stereocenters. The number of nitriles is 1. The molecule has 2 nitrogen and oxygen atoms in total. The molecule has 0 saturated carbocycles. The summed E-state index contributed by atoms with van der Waals surface area (Å²) in [4.78, 5) is 0. The van der Waals surface area contributed by atoms with E-state index in [0.29, 0.717) is 16.3 Å². The molecule has 0 aromatic heterocycles. The maximum absolute atomic E-state index is 8.49. The van der Waals surface area contributed by atoms with Crippen molar-refractivity contribution < 1.29 is 4.42 Å². The molecule has 0 heterocycles. The fraction of sp³-hybridized carbons (Fsp3) is 0. The molecule has 0 atom stereocenters. The summed E-state index contributed by atoms with van der Waals surface area (Å²) in [5, 5.41) is 8.87. The van der Waals surface area contributed by atoms with Gasteiger partial charge in [-0.15, -0.1) is 0 Å². The highest BCUT2D eigenvalue weighted by molar-refractivity contribution is 6.31. The first kappa shape index (κ1) is 7.77. The Morgan fingerprint density at radius 1 is 1.55 bits per heavy atom. The predicted molar refractivity (Wildman–Crippen MR) is 42.7 cm³/mol. The van der Waals surface area contributed by atoms with Gasteiger partial charge in [-0.3, -0.25) is 0 Å². The minimum absolute atomic E-state index is 0.383. The van der Waals surface area contributed by atoms with E-state index in [1.165, 1.54) is 0 Å². The highest BCUT2D eigenvalue weighted by Gasteiger charge is 2.04. The number of hydrogen-bond acceptors (Lipinski definition) is 1. The molecule has 0 fully saturated rings. The molecule has 0 spiro atoms. The molecule has 3 heteroatoms. The maximum Gasteiger partial charge on any atom is 0.353 e. The van der Waals surface area contributed by atoms with Gasteiger partial charge in [0.2, 0.25) is 0 Å². The molecule has 1 rings (SSSR count). The van der Waals surface area contributed by atoms with Crippen LogP contribution in [0.3, 0.4) is 0 Å². The molecule has 54 valence electrons. The van der Waals surface area contributed by atoms with E-state index in [2.05, 4.69) is 11.2 Å². The van der Waals surface area contributed by atoms with Crippen molar-refractivity contribution in [1.29, 1.82) is 5.26 Å². The van der Waals surface area contributed by atoms with Gasteiger partial charge in [0.1, 0.15) is 6.07 Å². The summed E-state index contributed by atoms with van der Waals surface area (Å²) in [7, 11) is 0. The molecule has 0 aliphatic heterocycles. The number of halogens is 1. The zero-order valence-electron chi connectivity index (χ0n) is 5.67. The average molecular weight is 167 g/mol. The minimum Gasteiger partial charge on any atom is -0.224 e. The molecular formula is C8H5ClNO+. The van der Waals surface area contributed by atoms with Crippen LogP contribution >= 0.6 is 11.6 Å². The van der Waals surface area contributed by atoms with Gasteiger partial charge in [0.05, 0.1) is 16.7 Å². The Balaban J connectivity index is 3.22. The zero-order chi connectivity index (χ0) is 8.27. The van der Waals surface area contributed by atoms with Crippen LogP contribution in [0, 0.1) is 11.3 Å². The summed E-state index contributed by atoms with van der Waals surface area (Å²) >= 11 is 5.68. The molecule has 0 aliphatic rings. The van der Waals surface area contributed by atoms with E-state index < -0.39 is 0 Å². The van der Waals surface area contributed by atoms with Crippen molar-refractivity contribution in [3.05, 3.63) is 28.8 Å². The number of benzene rings is 1. The molecule has 1 aromatic carbocycles. The van der Waals surface area contributed by atoms with Crippen molar-refractivity contribution in [2.75, 3.05) is 0 Å². The second-order valence-corrected chi connectivity index (χ2v) is 2.30. The maximum atomic E-state index is 8.49. The van der Waals surface area contributed by atoms with Crippen molar-refractivity contribution in [1.82, 2.24) is 0 Å². The van der Waals surface area contributed by atoms with Crippen LogP contribution in [-0.4, -0.2) is 6.79 Å². The van der Waals surface area contributed by atoms with Crippen LogP contribution in [0.5, 0.6) is 5.75 Å². The van der Waals surface area contributed by atoms with Gasteiger partial charge in [-0.05, 0) is 6.07 Å².